The van der Waals surface area contributed by atoms with E-state index in [1.54, 1.807) is 0 Å². The van der Waals surface area contributed by atoms with Gasteiger partial charge in [0.1, 0.15) is 0 Å². The minimum Gasteiger partial charge on any atom is -0.378 e. The zero-order valence-corrected chi connectivity index (χ0v) is 12.3. The van der Waals surface area contributed by atoms with Crippen LogP contribution in [-0.2, 0) is 6.54 Å². The number of aromatic nitrogens is 2. The van der Waals surface area contributed by atoms with Crippen LogP contribution in [0.2, 0.25) is 0 Å². The van der Waals surface area contributed by atoms with Gasteiger partial charge in [-0.15, -0.1) is 0 Å². The molecule has 1 aromatic carbocycles. The Labute approximate surface area is 119 Å². The Bertz CT molecular complexity index is 579. The lowest BCUT2D eigenvalue weighted by Crippen LogP contribution is -2.23. The average molecular weight is 272 g/mol. The molecule has 5 nitrogen and oxygen atoms in total. The van der Waals surface area contributed by atoms with Crippen LogP contribution in [-0.4, -0.2) is 30.2 Å². The monoisotopic (exact) mass is 272 g/mol. The second-order valence-corrected chi connectivity index (χ2v) is 5.04. The third kappa shape index (κ3) is 2.99. The molecule has 0 saturated heterocycles. The highest BCUT2D eigenvalue weighted by atomic mass is 16.1. The molecule has 0 aliphatic carbocycles. The molecule has 0 aliphatic heterocycles. The second-order valence-electron chi connectivity index (χ2n) is 5.04. The molecule has 106 valence electrons. The first kappa shape index (κ1) is 14.1. The molecule has 1 amide bonds. The fourth-order valence-electron chi connectivity index (χ4n) is 2.02. The van der Waals surface area contributed by atoms with Gasteiger partial charge in [0.05, 0.1) is 5.69 Å². The van der Waals surface area contributed by atoms with Gasteiger partial charge < -0.3 is 10.2 Å². The number of carbonyl (C=O) groups is 1. The van der Waals surface area contributed by atoms with Gasteiger partial charge in [-0.2, -0.15) is 5.10 Å². The molecular weight excluding hydrogens is 252 g/mol. The van der Waals surface area contributed by atoms with Gasteiger partial charge in [0.15, 0.2) is 0 Å². The summed E-state index contributed by atoms with van der Waals surface area (Å²) in [7, 11) is 3.94. The maximum absolute atomic E-state index is 12.1. The van der Waals surface area contributed by atoms with Gasteiger partial charge in [0.2, 0.25) is 0 Å². The summed E-state index contributed by atoms with van der Waals surface area (Å²) in [5.41, 5.74) is 4.69. The maximum atomic E-state index is 12.1. The van der Waals surface area contributed by atoms with Crippen LogP contribution in [0.5, 0.6) is 0 Å². The van der Waals surface area contributed by atoms with Crippen molar-refractivity contribution in [2.24, 2.45) is 0 Å². The van der Waals surface area contributed by atoms with Crippen molar-refractivity contribution in [3.63, 3.8) is 0 Å². The smallest absolute Gasteiger partial charge is 0.251 e. The fourth-order valence-corrected chi connectivity index (χ4v) is 2.02. The van der Waals surface area contributed by atoms with Crippen molar-refractivity contribution in [1.82, 2.24) is 15.5 Å². The van der Waals surface area contributed by atoms with Gasteiger partial charge in [-0.1, -0.05) is 0 Å². The SMILES string of the molecule is Cc1n[nH]c(C)c1CNC(=O)c1ccc(N(C)C)cc1. The lowest BCUT2D eigenvalue weighted by Gasteiger charge is -2.12. The van der Waals surface area contributed by atoms with Crippen molar-refractivity contribution in [1.29, 1.82) is 0 Å². The highest BCUT2D eigenvalue weighted by molar-refractivity contribution is 5.94. The van der Waals surface area contributed by atoms with Crippen LogP contribution in [0.1, 0.15) is 27.3 Å². The molecule has 1 heterocycles. The molecule has 0 fully saturated rings. The van der Waals surface area contributed by atoms with Gasteiger partial charge in [0, 0.05) is 43.1 Å². The highest BCUT2D eigenvalue weighted by Crippen LogP contribution is 2.13. The van der Waals surface area contributed by atoms with Crippen molar-refractivity contribution >= 4 is 11.6 Å². The second kappa shape index (κ2) is 5.77. The fraction of sp³-hybridized carbons (Fsp3) is 0.333. The summed E-state index contributed by atoms with van der Waals surface area (Å²) >= 11 is 0. The van der Waals surface area contributed by atoms with Crippen molar-refractivity contribution in [3.05, 3.63) is 46.8 Å². The lowest BCUT2D eigenvalue weighted by atomic mass is 10.1. The Hall–Kier alpha value is -2.30. The molecule has 5 heteroatoms. The predicted molar refractivity (Wildman–Crippen MR) is 80.0 cm³/mol. The van der Waals surface area contributed by atoms with Crippen LogP contribution in [0.25, 0.3) is 0 Å². The summed E-state index contributed by atoms with van der Waals surface area (Å²) in [6.45, 7) is 4.37. The van der Waals surface area contributed by atoms with Gasteiger partial charge in [-0.3, -0.25) is 9.89 Å². The first-order valence-corrected chi connectivity index (χ1v) is 6.55. The molecule has 0 bridgehead atoms. The molecule has 0 unspecified atom stereocenters. The van der Waals surface area contributed by atoms with Crippen LogP contribution < -0.4 is 10.2 Å². The molecular formula is C15H20N4O. The number of carbonyl (C=O) groups excluding carboxylic acids is 1. The summed E-state index contributed by atoms with van der Waals surface area (Å²) in [4.78, 5) is 14.1. The van der Waals surface area contributed by atoms with Crippen LogP contribution in [0.4, 0.5) is 5.69 Å². The van der Waals surface area contributed by atoms with Crippen LogP contribution in [0.15, 0.2) is 24.3 Å². The molecule has 0 aliphatic rings. The van der Waals surface area contributed by atoms with E-state index in [4.69, 9.17) is 0 Å². The highest BCUT2D eigenvalue weighted by Gasteiger charge is 2.09. The summed E-state index contributed by atoms with van der Waals surface area (Å²) in [6, 6.07) is 7.53. The molecule has 1 aromatic heterocycles. The predicted octanol–water partition coefficient (Wildman–Crippen LogP) is 2.02. The zero-order chi connectivity index (χ0) is 14.7. The van der Waals surface area contributed by atoms with Gasteiger partial charge in [0.25, 0.3) is 5.91 Å². The van der Waals surface area contributed by atoms with Crippen molar-refractivity contribution in [2.75, 3.05) is 19.0 Å². The molecule has 2 aromatic rings. The molecule has 20 heavy (non-hydrogen) atoms. The van der Waals surface area contributed by atoms with Crippen LogP contribution >= 0.6 is 0 Å². The number of nitrogens with one attached hydrogen (secondary N) is 2. The Kier molecular flexibility index (Phi) is 4.08. The number of hydrogen-bond donors (Lipinski definition) is 2. The Balaban J connectivity index is 2.02. The molecule has 0 radical (unpaired) electrons. The van der Waals surface area contributed by atoms with Gasteiger partial charge in [-0.25, -0.2) is 0 Å². The largest absolute Gasteiger partial charge is 0.378 e. The van der Waals surface area contributed by atoms with E-state index in [2.05, 4.69) is 15.5 Å². The normalized spacial score (nSPS) is 10.4. The molecule has 0 spiro atoms. The summed E-state index contributed by atoms with van der Waals surface area (Å²) in [5.74, 6) is -0.0738. The van der Waals surface area contributed by atoms with E-state index in [0.29, 0.717) is 12.1 Å². The Morgan fingerprint density at radius 3 is 2.40 bits per heavy atom. The number of benzene rings is 1. The van der Waals surface area contributed by atoms with E-state index in [1.807, 2.05) is 57.1 Å². The summed E-state index contributed by atoms with van der Waals surface area (Å²) in [5, 5.41) is 9.95. The van der Waals surface area contributed by atoms with E-state index in [0.717, 1.165) is 22.6 Å². The number of amides is 1. The van der Waals surface area contributed by atoms with Gasteiger partial charge >= 0.3 is 0 Å². The number of anilines is 1. The first-order valence-electron chi connectivity index (χ1n) is 6.55. The topological polar surface area (TPSA) is 61.0 Å². The number of rotatable bonds is 4. The number of hydrogen-bond acceptors (Lipinski definition) is 3. The van der Waals surface area contributed by atoms with Crippen molar-refractivity contribution in [3.8, 4) is 0 Å². The van der Waals surface area contributed by atoms with Crippen molar-refractivity contribution in [2.45, 2.75) is 20.4 Å². The van der Waals surface area contributed by atoms with E-state index in [-0.39, 0.29) is 5.91 Å². The van der Waals surface area contributed by atoms with Crippen LogP contribution in [0, 0.1) is 13.8 Å². The number of aromatic amines is 1. The van der Waals surface area contributed by atoms with Gasteiger partial charge in [-0.05, 0) is 38.1 Å². The third-order valence-corrected chi connectivity index (χ3v) is 3.35. The van der Waals surface area contributed by atoms with E-state index >= 15 is 0 Å². The Morgan fingerprint density at radius 2 is 1.90 bits per heavy atom. The number of H-pyrrole nitrogens is 1. The van der Waals surface area contributed by atoms with E-state index < -0.39 is 0 Å². The standard InChI is InChI=1S/C15H20N4O/c1-10-14(11(2)18-17-10)9-16-15(20)12-5-7-13(8-6-12)19(3)4/h5-8H,9H2,1-4H3,(H,16,20)(H,17,18). The van der Waals surface area contributed by atoms with Crippen molar-refractivity contribution < 1.29 is 4.79 Å². The molecule has 2 N–H and O–H groups in total. The average Bonchev–Trinajstić information content (AvgIpc) is 2.75. The Morgan fingerprint density at radius 1 is 1.25 bits per heavy atom. The summed E-state index contributed by atoms with van der Waals surface area (Å²) in [6.07, 6.45) is 0. The number of aryl methyl sites for hydroxylation is 2. The van der Waals surface area contributed by atoms with E-state index in [1.165, 1.54) is 0 Å². The summed E-state index contributed by atoms with van der Waals surface area (Å²) < 4.78 is 0. The maximum Gasteiger partial charge on any atom is 0.251 e. The quantitative estimate of drug-likeness (QED) is 0.895. The minimum absolute atomic E-state index is 0.0738. The zero-order valence-electron chi connectivity index (χ0n) is 12.3. The lowest BCUT2D eigenvalue weighted by molar-refractivity contribution is 0.0951. The van der Waals surface area contributed by atoms with Crippen LogP contribution in [0.3, 0.4) is 0 Å². The minimum atomic E-state index is -0.0738. The molecule has 0 saturated carbocycles. The molecule has 2 rings (SSSR count). The first-order chi connectivity index (χ1) is 9.49. The van der Waals surface area contributed by atoms with E-state index in [9.17, 15) is 4.79 Å². The number of nitrogens with zero attached hydrogens (tertiary/aromatic N) is 2. The molecule has 0 atom stereocenters. The third-order valence-electron chi connectivity index (χ3n) is 3.35.